The molecule has 188 valence electrons. The largest absolute Gasteiger partial charge is 0.457 e. The number of aromatic nitrogens is 4. The number of hydrogen-bond acceptors (Lipinski definition) is 6. The molecular formula is C29H30N6O2. The van der Waals surface area contributed by atoms with E-state index in [2.05, 4.69) is 16.5 Å². The quantitative estimate of drug-likeness (QED) is 0.366. The average molecular weight is 495 g/mol. The molecule has 1 amide bonds. The minimum absolute atomic E-state index is 0.120. The first kappa shape index (κ1) is 23.2. The number of carbonyl (C=O) groups excluding carboxylic acids is 1. The van der Waals surface area contributed by atoms with Crippen LogP contribution in [0.25, 0.3) is 22.3 Å². The Bertz CT molecular complexity index is 1430. The van der Waals surface area contributed by atoms with Crippen molar-refractivity contribution in [2.45, 2.75) is 25.8 Å². The van der Waals surface area contributed by atoms with Gasteiger partial charge in [0.05, 0.1) is 5.39 Å². The van der Waals surface area contributed by atoms with Crippen molar-refractivity contribution >= 4 is 22.8 Å². The number of benzene rings is 2. The maximum atomic E-state index is 12.9. The van der Waals surface area contributed by atoms with Crippen LogP contribution in [0.15, 0.2) is 73.6 Å². The minimum Gasteiger partial charge on any atom is -0.457 e. The molecular weight excluding hydrogens is 464 g/mol. The highest BCUT2D eigenvalue weighted by atomic mass is 16.5. The van der Waals surface area contributed by atoms with Gasteiger partial charge in [0.25, 0.3) is 0 Å². The molecule has 3 unspecified atom stereocenters. The summed E-state index contributed by atoms with van der Waals surface area (Å²) in [4.78, 5) is 23.7. The number of para-hydroxylation sites is 1. The predicted molar refractivity (Wildman–Crippen MR) is 143 cm³/mol. The second kappa shape index (κ2) is 9.69. The van der Waals surface area contributed by atoms with Gasteiger partial charge >= 0.3 is 0 Å². The van der Waals surface area contributed by atoms with Crippen LogP contribution in [0.2, 0.25) is 0 Å². The Hall–Kier alpha value is -4.20. The smallest absolute Gasteiger partial charge is 0.226 e. The normalized spacial score (nSPS) is 21.1. The van der Waals surface area contributed by atoms with Crippen molar-refractivity contribution in [3.8, 4) is 22.8 Å². The van der Waals surface area contributed by atoms with E-state index in [1.54, 1.807) is 0 Å². The Kier molecular flexibility index (Phi) is 6.08. The Morgan fingerprint density at radius 1 is 1.11 bits per heavy atom. The molecule has 0 radical (unpaired) electrons. The van der Waals surface area contributed by atoms with Crippen LogP contribution in [0.1, 0.15) is 19.3 Å². The topological polar surface area (TPSA) is 99.2 Å². The summed E-state index contributed by atoms with van der Waals surface area (Å²) in [5.41, 5.74) is 8.68. The summed E-state index contributed by atoms with van der Waals surface area (Å²) in [6.45, 7) is 6.08. The Morgan fingerprint density at radius 3 is 2.65 bits per heavy atom. The summed E-state index contributed by atoms with van der Waals surface area (Å²) >= 11 is 0. The SMILES string of the molecule is C=CC1CC1C(=O)N1CCCC(Cn2nc(-c3ccc(Oc4ccccc4)cc3)c3c(N)ncnc32)C1. The van der Waals surface area contributed by atoms with Crippen LogP contribution in [0.3, 0.4) is 0 Å². The zero-order valence-electron chi connectivity index (χ0n) is 20.7. The van der Waals surface area contributed by atoms with Gasteiger partial charge in [0.1, 0.15) is 29.3 Å². The molecule has 2 N–H and O–H groups in total. The average Bonchev–Trinajstić information content (AvgIpc) is 3.64. The third kappa shape index (κ3) is 4.67. The summed E-state index contributed by atoms with van der Waals surface area (Å²) in [5, 5.41) is 5.69. The van der Waals surface area contributed by atoms with E-state index in [9.17, 15) is 4.79 Å². The van der Waals surface area contributed by atoms with E-state index in [1.165, 1.54) is 6.33 Å². The van der Waals surface area contributed by atoms with E-state index in [1.807, 2.05) is 70.3 Å². The third-order valence-corrected chi connectivity index (χ3v) is 7.39. The number of ether oxygens (including phenoxy) is 1. The fourth-order valence-corrected chi connectivity index (χ4v) is 5.32. The fourth-order valence-electron chi connectivity index (χ4n) is 5.32. The van der Waals surface area contributed by atoms with Crippen molar-refractivity contribution in [3.05, 3.63) is 73.6 Å². The van der Waals surface area contributed by atoms with Gasteiger partial charge in [-0.15, -0.1) is 6.58 Å². The number of amides is 1. The molecule has 3 atom stereocenters. The molecule has 2 aromatic carbocycles. The summed E-state index contributed by atoms with van der Waals surface area (Å²) in [6, 6.07) is 17.5. The molecule has 2 aliphatic rings. The molecule has 3 heterocycles. The Balaban J connectivity index is 1.24. The van der Waals surface area contributed by atoms with Crippen LogP contribution in [0.5, 0.6) is 11.5 Å². The van der Waals surface area contributed by atoms with E-state index in [0.29, 0.717) is 29.8 Å². The number of nitrogens with zero attached hydrogens (tertiary/aromatic N) is 5. The van der Waals surface area contributed by atoms with Gasteiger partial charge in [-0.1, -0.05) is 24.3 Å². The van der Waals surface area contributed by atoms with Crippen molar-refractivity contribution in [3.63, 3.8) is 0 Å². The number of carbonyl (C=O) groups is 1. The van der Waals surface area contributed by atoms with Crippen LogP contribution < -0.4 is 10.5 Å². The number of allylic oxidation sites excluding steroid dienone is 1. The lowest BCUT2D eigenvalue weighted by atomic mass is 9.97. The van der Waals surface area contributed by atoms with E-state index >= 15 is 0 Å². The number of nitrogens with two attached hydrogens (primary N) is 1. The van der Waals surface area contributed by atoms with E-state index in [0.717, 1.165) is 60.5 Å². The molecule has 2 aromatic heterocycles. The predicted octanol–water partition coefficient (Wildman–Crippen LogP) is 4.93. The molecule has 8 nitrogen and oxygen atoms in total. The minimum atomic E-state index is 0.120. The highest BCUT2D eigenvalue weighted by molar-refractivity contribution is 5.98. The highest BCUT2D eigenvalue weighted by Gasteiger charge is 2.43. The number of hydrogen-bond donors (Lipinski definition) is 1. The molecule has 4 aromatic rings. The molecule has 1 saturated heterocycles. The van der Waals surface area contributed by atoms with Crippen LogP contribution in [-0.4, -0.2) is 43.6 Å². The van der Waals surface area contributed by atoms with Gasteiger partial charge < -0.3 is 15.4 Å². The van der Waals surface area contributed by atoms with Crippen molar-refractivity contribution in [2.75, 3.05) is 18.8 Å². The zero-order valence-corrected chi connectivity index (χ0v) is 20.7. The van der Waals surface area contributed by atoms with Crippen LogP contribution in [0, 0.1) is 17.8 Å². The van der Waals surface area contributed by atoms with Gasteiger partial charge in [-0.2, -0.15) is 5.10 Å². The molecule has 0 spiro atoms. The first-order chi connectivity index (χ1) is 18.1. The fraction of sp³-hybridized carbons (Fsp3) is 0.310. The van der Waals surface area contributed by atoms with Crippen LogP contribution >= 0.6 is 0 Å². The number of likely N-dealkylation sites (tertiary alicyclic amines) is 1. The number of rotatable bonds is 7. The number of anilines is 1. The summed E-state index contributed by atoms with van der Waals surface area (Å²) < 4.78 is 7.87. The van der Waals surface area contributed by atoms with Gasteiger partial charge in [-0.25, -0.2) is 14.6 Å². The first-order valence-electron chi connectivity index (χ1n) is 12.8. The third-order valence-electron chi connectivity index (χ3n) is 7.39. The number of piperidine rings is 1. The van der Waals surface area contributed by atoms with Gasteiger partial charge in [0.2, 0.25) is 5.91 Å². The molecule has 8 heteroatoms. The monoisotopic (exact) mass is 494 g/mol. The molecule has 1 aliphatic carbocycles. The second-order valence-electron chi connectivity index (χ2n) is 9.96. The van der Waals surface area contributed by atoms with Gasteiger partial charge in [0.15, 0.2) is 5.65 Å². The maximum Gasteiger partial charge on any atom is 0.226 e. The molecule has 2 fully saturated rings. The van der Waals surface area contributed by atoms with Crippen molar-refractivity contribution in [1.29, 1.82) is 0 Å². The zero-order chi connectivity index (χ0) is 25.4. The standard InChI is InChI=1S/C29H30N6O2/c1-2-20-15-24(20)29(36)34-14-6-7-19(16-34)17-35-28-25(27(30)31-18-32-28)26(33-35)21-10-12-23(13-11-21)37-22-8-4-3-5-9-22/h2-5,8-13,18-20,24H,1,6-7,14-17H2,(H2,30,31,32). The summed E-state index contributed by atoms with van der Waals surface area (Å²) in [6.07, 6.45) is 6.36. The molecule has 0 bridgehead atoms. The van der Waals surface area contributed by atoms with Gasteiger partial charge in [-0.05, 0) is 67.5 Å². The summed E-state index contributed by atoms with van der Waals surface area (Å²) in [7, 11) is 0. The van der Waals surface area contributed by atoms with E-state index in [4.69, 9.17) is 15.6 Å². The molecule has 1 saturated carbocycles. The van der Waals surface area contributed by atoms with Crippen LogP contribution in [0.4, 0.5) is 5.82 Å². The van der Waals surface area contributed by atoms with Gasteiger partial charge in [0, 0.05) is 31.1 Å². The van der Waals surface area contributed by atoms with Crippen molar-refractivity contribution in [2.24, 2.45) is 17.8 Å². The Labute approximate surface area is 215 Å². The molecule has 1 aliphatic heterocycles. The first-order valence-corrected chi connectivity index (χ1v) is 12.8. The van der Waals surface area contributed by atoms with Gasteiger partial charge in [-0.3, -0.25) is 4.79 Å². The lowest BCUT2D eigenvalue weighted by Crippen LogP contribution is -2.42. The van der Waals surface area contributed by atoms with E-state index < -0.39 is 0 Å². The number of fused-ring (bicyclic) bond motifs is 1. The second-order valence-corrected chi connectivity index (χ2v) is 9.96. The van der Waals surface area contributed by atoms with E-state index in [-0.39, 0.29) is 11.8 Å². The van der Waals surface area contributed by atoms with Crippen molar-refractivity contribution < 1.29 is 9.53 Å². The highest BCUT2D eigenvalue weighted by Crippen LogP contribution is 2.41. The lowest BCUT2D eigenvalue weighted by molar-refractivity contribution is -0.134. The molecule has 37 heavy (non-hydrogen) atoms. The maximum absolute atomic E-state index is 12.9. The summed E-state index contributed by atoms with van der Waals surface area (Å²) in [5.74, 6) is 2.95. The number of nitrogen functional groups attached to an aromatic ring is 1. The molecule has 6 rings (SSSR count). The van der Waals surface area contributed by atoms with Crippen molar-refractivity contribution in [1.82, 2.24) is 24.6 Å². The lowest BCUT2D eigenvalue weighted by Gasteiger charge is -2.33. The van der Waals surface area contributed by atoms with Crippen LogP contribution in [-0.2, 0) is 11.3 Å². The Morgan fingerprint density at radius 2 is 1.89 bits per heavy atom.